The minimum Gasteiger partial charge on any atom is -0.501 e. The summed E-state index contributed by atoms with van der Waals surface area (Å²) in [5.41, 5.74) is 0.907. The fraction of sp³-hybridized carbons (Fsp3) is 0.750. The Hall–Kier alpha value is -0.0900. The molecular formula is C12H18O2S2. The number of ether oxygens (including phenoxy) is 1. The first-order valence-corrected chi connectivity index (χ1v) is 8.00. The van der Waals surface area contributed by atoms with Gasteiger partial charge in [0.05, 0.1) is 18.1 Å². The van der Waals surface area contributed by atoms with E-state index in [0.29, 0.717) is 11.0 Å². The number of ketones is 1. The van der Waals surface area contributed by atoms with Gasteiger partial charge in [-0.3, -0.25) is 4.79 Å². The predicted octanol–water partition coefficient (Wildman–Crippen LogP) is 2.88. The summed E-state index contributed by atoms with van der Waals surface area (Å²) in [6, 6.07) is 0. The van der Waals surface area contributed by atoms with E-state index in [4.69, 9.17) is 4.74 Å². The van der Waals surface area contributed by atoms with E-state index in [1.54, 1.807) is 6.26 Å². The highest BCUT2D eigenvalue weighted by Crippen LogP contribution is 2.35. The molecule has 0 spiro atoms. The van der Waals surface area contributed by atoms with Crippen LogP contribution in [0.25, 0.3) is 0 Å². The molecule has 2 nitrogen and oxygen atoms in total. The molecule has 0 amide bonds. The Bertz CT molecular complexity index is 289. The summed E-state index contributed by atoms with van der Waals surface area (Å²) in [6.07, 6.45) is 4.66. The first-order valence-electron chi connectivity index (χ1n) is 5.91. The molecule has 0 N–H and O–H groups in total. The van der Waals surface area contributed by atoms with Crippen molar-refractivity contribution in [1.29, 1.82) is 0 Å². The van der Waals surface area contributed by atoms with Crippen LogP contribution >= 0.6 is 23.5 Å². The molecule has 1 saturated heterocycles. The van der Waals surface area contributed by atoms with Gasteiger partial charge in [-0.05, 0) is 19.3 Å². The van der Waals surface area contributed by atoms with E-state index in [0.717, 1.165) is 37.2 Å². The summed E-state index contributed by atoms with van der Waals surface area (Å²) in [4.78, 5) is 12.3. The Balaban J connectivity index is 2.04. The zero-order valence-corrected chi connectivity index (χ0v) is 11.2. The molecule has 2 aliphatic rings. The highest BCUT2D eigenvalue weighted by atomic mass is 32.2. The fourth-order valence-electron chi connectivity index (χ4n) is 2.07. The second-order valence-corrected chi connectivity index (χ2v) is 6.69. The normalized spacial score (nSPS) is 30.4. The monoisotopic (exact) mass is 258 g/mol. The van der Waals surface area contributed by atoms with E-state index < -0.39 is 0 Å². The van der Waals surface area contributed by atoms with Crippen LogP contribution in [-0.4, -0.2) is 34.4 Å². The van der Waals surface area contributed by atoms with Gasteiger partial charge in [-0.25, -0.2) is 0 Å². The molecule has 0 saturated carbocycles. The lowest BCUT2D eigenvalue weighted by Crippen LogP contribution is -2.34. The molecule has 16 heavy (non-hydrogen) atoms. The second-order valence-electron chi connectivity index (χ2n) is 4.09. The van der Waals surface area contributed by atoms with Crippen molar-refractivity contribution in [3.8, 4) is 0 Å². The Morgan fingerprint density at radius 1 is 1.50 bits per heavy atom. The average molecular weight is 258 g/mol. The number of allylic oxidation sites excluding steroid dienone is 1. The second kappa shape index (κ2) is 6.01. The summed E-state index contributed by atoms with van der Waals surface area (Å²) in [5, 5.41) is 0.658. The summed E-state index contributed by atoms with van der Waals surface area (Å²) in [5.74, 6) is 2.61. The van der Waals surface area contributed by atoms with Crippen molar-refractivity contribution in [2.75, 3.05) is 18.1 Å². The quantitative estimate of drug-likeness (QED) is 0.777. The third-order valence-electron chi connectivity index (χ3n) is 2.96. The fourth-order valence-corrected chi connectivity index (χ4v) is 5.12. The number of rotatable bonds is 3. The van der Waals surface area contributed by atoms with Crippen LogP contribution in [0.4, 0.5) is 0 Å². The van der Waals surface area contributed by atoms with Crippen molar-refractivity contribution in [1.82, 2.24) is 0 Å². The van der Waals surface area contributed by atoms with E-state index in [9.17, 15) is 4.79 Å². The zero-order chi connectivity index (χ0) is 11.4. The van der Waals surface area contributed by atoms with Crippen LogP contribution in [0.2, 0.25) is 0 Å². The summed E-state index contributed by atoms with van der Waals surface area (Å²) >= 11 is 3.78. The molecule has 2 rings (SSSR count). The Labute approximate surface area is 106 Å². The SMILES string of the molecule is CCC1SCCSC1C(=O)C1=COCCC1. The summed E-state index contributed by atoms with van der Waals surface area (Å²) in [7, 11) is 0. The van der Waals surface area contributed by atoms with Crippen molar-refractivity contribution >= 4 is 29.3 Å². The molecular weight excluding hydrogens is 240 g/mol. The smallest absolute Gasteiger partial charge is 0.175 e. The number of carbonyl (C=O) groups excluding carboxylic acids is 1. The van der Waals surface area contributed by atoms with Gasteiger partial charge in [0.1, 0.15) is 0 Å². The average Bonchev–Trinajstić information content (AvgIpc) is 2.39. The van der Waals surface area contributed by atoms with Crippen LogP contribution < -0.4 is 0 Å². The minimum atomic E-state index is 0.164. The van der Waals surface area contributed by atoms with E-state index in [2.05, 4.69) is 6.92 Å². The maximum absolute atomic E-state index is 12.3. The van der Waals surface area contributed by atoms with Gasteiger partial charge >= 0.3 is 0 Å². The van der Waals surface area contributed by atoms with E-state index in [1.807, 2.05) is 23.5 Å². The van der Waals surface area contributed by atoms with Gasteiger partial charge in [0.25, 0.3) is 0 Å². The molecule has 1 fully saturated rings. The summed E-state index contributed by atoms with van der Waals surface area (Å²) in [6.45, 7) is 2.94. The molecule has 2 heterocycles. The van der Waals surface area contributed by atoms with Crippen molar-refractivity contribution in [2.24, 2.45) is 0 Å². The molecule has 4 heteroatoms. The lowest BCUT2D eigenvalue weighted by Gasteiger charge is -2.29. The molecule has 0 aromatic carbocycles. The highest BCUT2D eigenvalue weighted by Gasteiger charge is 2.33. The third kappa shape index (κ3) is 2.77. The van der Waals surface area contributed by atoms with E-state index >= 15 is 0 Å². The molecule has 2 aliphatic heterocycles. The topological polar surface area (TPSA) is 26.3 Å². The number of hydrogen-bond donors (Lipinski definition) is 0. The van der Waals surface area contributed by atoms with Crippen molar-refractivity contribution in [3.05, 3.63) is 11.8 Å². The molecule has 2 unspecified atom stereocenters. The number of hydrogen-bond acceptors (Lipinski definition) is 4. The highest BCUT2D eigenvalue weighted by molar-refractivity contribution is 8.07. The molecule has 0 aliphatic carbocycles. The maximum atomic E-state index is 12.3. The molecule has 0 aromatic heterocycles. The zero-order valence-electron chi connectivity index (χ0n) is 9.61. The maximum Gasteiger partial charge on any atom is 0.175 e. The third-order valence-corrected chi connectivity index (χ3v) is 6.21. The van der Waals surface area contributed by atoms with Crippen LogP contribution in [0, 0.1) is 0 Å². The largest absolute Gasteiger partial charge is 0.501 e. The first kappa shape index (κ1) is 12.4. The molecule has 2 atom stereocenters. The minimum absolute atomic E-state index is 0.164. The Kier molecular flexibility index (Phi) is 4.65. The molecule has 0 bridgehead atoms. The van der Waals surface area contributed by atoms with Gasteiger partial charge in [0.2, 0.25) is 0 Å². The molecule has 0 aromatic rings. The van der Waals surface area contributed by atoms with E-state index in [-0.39, 0.29) is 5.25 Å². The predicted molar refractivity (Wildman–Crippen MR) is 71.1 cm³/mol. The standard InChI is InChI=1S/C12H18O2S2/c1-2-10-12(16-7-6-15-10)11(13)9-4-3-5-14-8-9/h8,10,12H,2-7H2,1H3. The van der Waals surface area contributed by atoms with Crippen LogP contribution in [0.3, 0.4) is 0 Å². The Morgan fingerprint density at radius 3 is 3.00 bits per heavy atom. The van der Waals surface area contributed by atoms with Crippen LogP contribution in [0.15, 0.2) is 11.8 Å². The van der Waals surface area contributed by atoms with Crippen LogP contribution in [-0.2, 0) is 9.53 Å². The molecule has 90 valence electrons. The number of Topliss-reactive ketones (excluding diaryl/α,β-unsaturated/α-hetero) is 1. The van der Waals surface area contributed by atoms with E-state index in [1.165, 1.54) is 5.75 Å². The van der Waals surface area contributed by atoms with Gasteiger partial charge in [-0.1, -0.05) is 6.92 Å². The number of carbonyl (C=O) groups is 1. The van der Waals surface area contributed by atoms with Crippen LogP contribution in [0.5, 0.6) is 0 Å². The van der Waals surface area contributed by atoms with Crippen molar-refractivity contribution in [3.63, 3.8) is 0 Å². The lowest BCUT2D eigenvalue weighted by atomic mass is 10.0. The van der Waals surface area contributed by atoms with Gasteiger partial charge in [0, 0.05) is 22.3 Å². The molecule has 0 radical (unpaired) electrons. The van der Waals surface area contributed by atoms with Gasteiger partial charge in [-0.2, -0.15) is 11.8 Å². The van der Waals surface area contributed by atoms with Gasteiger partial charge in [0.15, 0.2) is 5.78 Å². The van der Waals surface area contributed by atoms with Crippen molar-refractivity contribution < 1.29 is 9.53 Å². The lowest BCUT2D eigenvalue weighted by molar-refractivity contribution is -0.115. The number of thioether (sulfide) groups is 2. The van der Waals surface area contributed by atoms with Gasteiger partial charge < -0.3 is 4.74 Å². The van der Waals surface area contributed by atoms with Gasteiger partial charge in [-0.15, -0.1) is 11.8 Å². The van der Waals surface area contributed by atoms with Crippen molar-refractivity contribution in [2.45, 2.75) is 36.7 Å². The Morgan fingerprint density at radius 2 is 2.31 bits per heavy atom. The van der Waals surface area contributed by atoms with Crippen LogP contribution in [0.1, 0.15) is 26.2 Å². The summed E-state index contributed by atoms with van der Waals surface area (Å²) < 4.78 is 5.26. The first-order chi connectivity index (χ1) is 7.83.